The molecule has 4 rings (SSSR count). The van der Waals surface area contributed by atoms with E-state index in [-0.39, 0.29) is 0 Å². The van der Waals surface area contributed by atoms with Crippen LogP contribution in [0.4, 0.5) is 11.4 Å². The van der Waals surface area contributed by atoms with Crippen molar-refractivity contribution in [2.45, 2.75) is 40.8 Å². The van der Waals surface area contributed by atoms with Crippen molar-refractivity contribution in [1.29, 1.82) is 0 Å². The summed E-state index contributed by atoms with van der Waals surface area (Å²) in [5.74, 6) is 0. The van der Waals surface area contributed by atoms with Gasteiger partial charge in [0.1, 0.15) is 0 Å². The molecule has 0 unspecified atom stereocenters. The SMILES string of the molecule is Cc1cccc(Cn2cc(NC(=S)Nc3c(C)nn(Cc4ccccc4C)c3C)cn2)c1. The molecule has 0 saturated carbocycles. The molecule has 2 aromatic heterocycles. The second kappa shape index (κ2) is 9.36. The van der Waals surface area contributed by atoms with E-state index in [1.807, 2.05) is 22.5 Å². The van der Waals surface area contributed by atoms with Gasteiger partial charge in [-0.15, -0.1) is 0 Å². The van der Waals surface area contributed by atoms with Gasteiger partial charge in [-0.2, -0.15) is 10.2 Å². The molecule has 0 amide bonds. The molecule has 0 radical (unpaired) electrons. The summed E-state index contributed by atoms with van der Waals surface area (Å²) in [7, 11) is 0. The van der Waals surface area contributed by atoms with E-state index in [1.165, 1.54) is 22.3 Å². The number of benzene rings is 2. The summed E-state index contributed by atoms with van der Waals surface area (Å²) in [5.41, 5.74) is 8.71. The van der Waals surface area contributed by atoms with Gasteiger partial charge < -0.3 is 10.6 Å². The van der Waals surface area contributed by atoms with Crippen molar-refractivity contribution in [3.05, 3.63) is 94.6 Å². The molecule has 32 heavy (non-hydrogen) atoms. The van der Waals surface area contributed by atoms with E-state index in [0.29, 0.717) is 11.7 Å². The average molecular weight is 445 g/mol. The summed E-state index contributed by atoms with van der Waals surface area (Å²) >= 11 is 5.56. The standard InChI is InChI=1S/C25H28N6S/c1-17-8-7-10-21(12-17)14-30-16-23(13-26-30)27-25(32)28-24-19(3)29-31(20(24)4)15-22-11-6-5-9-18(22)2/h5-13,16H,14-15H2,1-4H3,(H2,27,28,32). The summed E-state index contributed by atoms with van der Waals surface area (Å²) in [6, 6.07) is 16.8. The molecule has 0 aliphatic rings. The van der Waals surface area contributed by atoms with Crippen LogP contribution in [0.2, 0.25) is 0 Å². The Labute approximate surface area is 194 Å². The lowest BCUT2D eigenvalue weighted by molar-refractivity contribution is 0.657. The molecule has 0 fully saturated rings. The molecule has 0 saturated heterocycles. The molecule has 2 aromatic carbocycles. The van der Waals surface area contributed by atoms with Crippen LogP contribution in [0.5, 0.6) is 0 Å². The lowest BCUT2D eigenvalue weighted by atomic mass is 10.1. The van der Waals surface area contributed by atoms with Crippen molar-refractivity contribution in [2.24, 2.45) is 0 Å². The largest absolute Gasteiger partial charge is 0.330 e. The molecule has 0 aliphatic heterocycles. The molecule has 7 heteroatoms. The van der Waals surface area contributed by atoms with Gasteiger partial charge in [0.15, 0.2) is 5.11 Å². The monoisotopic (exact) mass is 444 g/mol. The summed E-state index contributed by atoms with van der Waals surface area (Å²) in [5, 5.41) is 16.2. The minimum absolute atomic E-state index is 0.516. The van der Waals surface area contributed by atoms with E-state index < -0.39 is 0 Å². The molecule has 2 N–H and O–H groups in total. The highest BCUT2D eigenvalue weighted by atomic mass is 32.1. The van der Waals surface area contributed by atoms with Crippen molar-refractivity contribution in [3.8, 4) is 0 Å². The van der Waals surface area contributed by atoms with Crippen LogP contribution in [0, 0.1) is 27.7 Å². The maximum atomic E-state index is 5.56. The van der Waals surface area contributed by atoms with Crippen molar-refractivity contribution in [1.82, 2.24) is 19.6 Å². The Morgan fingerprint density at radius 3 is 2.56 bits per heavy atom. The maximum Gasteiger partial charge on any atom is 0.175 e. The Morgan fingerprint density at radius 2 is 1.78 bits per heavy atom. The summed E-state index contributed by atoms with van der Waals surface area (Å²) in [6.07, 6.45) is 3.74. The zero-order valence-electron chi connectivity index (χ0n) is 18.9. The topological polar surface area (TPSA) is 59.7 Å². The summed E-state index contributed by atoms with van der Waals surface area (Å²) in [6.45, 7) is 9.71. The Hall–Kier alpha value is -3.45. The van der Waals surface area contributed by atoms with Gasteiger partial charge >= 0.3 is 0 Å². The third kappa shape index (κ3) is 5.06. The van der Waals surface area contributed by atoms with E-state index in [1.54, 1.807) is 6.20 Å². The van der Waals surface area contributed by atoms with E-state index >= 15 is 0 Å². The highest BCUT2D eigenvalue weighted by Gasteiger charge is 2.14. The quantitative estimate of drug-likeness (QED) is 0.399. The first-order chi connectivity index (χ1) is 15.4. The molecular weight excluding hydrogens is 416 g/mol. The molecule has 6 nitrogen and oxygen atoms in total. The Balaban J connectivity index is 1.41. The zero-order chi connectivity index (χ0) is 22.7. The lowest BCUT2D eigenvalue weighted by Crippen LogP contribution is -2.19. The fourth-order valence-corrected chi connectivity index (χ4v) is 3.99. The van der Waals surface area contributed by atoms with Gasteiger partial charge in [-0.3, -0.25) is 9.36 Å². The zero-order valence-corrected chi connectivity index (χ0v) is 19.7. The van der Waals surface area contributed by atoms with E-state index in [9.17, 15) is 0 Å². The molecule has 0 spiro atoms. The molecule has 2 heterocycles. The van der Waals surface area contributed by atoms with Crippen LogP contribution in [0.15, 0.2) is 60.9 Å². The Morgan fingerprint density at radius 1 is 0.969 bits per heavy atom. The smallest absolute Gasteiger partial charge is 0.175 e. The fraction of sp³-hybridized carbons (Fsp3) is 0.240. The van der Waals surface area contributed by atoms with Crippen LogP contribution in [-0.2, 0) is 13.1 Å². The molecule has 0 atom stereocenters. The van der Waals surface area contributed by atoms with Crippen molar-refractivity contribution in [2.75, 3.05) is 10.6 Å². The Kier molecular flexibility index (Phi) is 6.37. The van der Waals surface area contributed by atoms with Gasteiger partial charge in [-0.25, -0.2) is 0 Å². The molecule has 0 aliphatic carbocycles. The number of hydrogen-bond acceptors (Lipinski definition) is 3. The number of aromatic nitrogens is 4. The van der Waals surface area contributed by atoms with Crippen molar-refractivity contribution < 1.29 is 0 Å². The molecule has 0 bridgehead atoms. The van der Waals surface area contributed by atoms with E-state index in [4.69, 9.17) is 17.3 Å². The number of hydrogen-bond donors (Lipinski definition) is 2. The normalized spacial score (nSPS) is 10.9. The third-order valence-corrected chi connectivity index (χ3v) is 5.72. The van der Waals surface area contributed by atoms with Crippen LogP contribution in [0.25, 0.3) is 0 Å². The lowest BCUT2D eigenvalue weighted by Gasteiger charge is -2.11. The average Bonchev–Trinajstić information content (AvgIpc) is 3.28. The molecule has 164 valence electrons. The van der Waals surface area contributed by atoms with Crippen molar-refractivity contribution >= 4 is 28.7 Å². The van der Waals surface area contributed by atoms with Crippen LogP contribution in [0.3, 0.4) is 0 Å². The second-order valence-electron chi connectivity index (χ2n) is 8.12. The number of aryl methyl sites for hydroxylation is 3. The van der Waals surface area contributed by atoms with Gasteiger partial charge in [0, 0.05) is 6.20 Å². The molecular formula is C25H28N6S. The number of rotatable bonds is 6. The summed E-state index contributed by atoms with van der Waals surface area (Å²) < 4.78 is 3.92. The van der Waals surface area contributed by atoms with Gasteiger partial charge in [0.2, 0.25) is 0 Å². The first-order valence-corrected chi connectivity index (χ1v) is 11.0. The van der Waals surface area contributed by atoms with Gasteiger partial charge in [-0.1, -0.05) is 54.1 Å². The minimum atomic E-state index is 0.516. The predicted octanol–water partition coefficient (Wildman–Crippen LogP) is 5.22. The third-order valence-electron chi connectivity index (χ3n) is 5.52. The predicted molar refractivity (Wildman–Crippen MR) is 134 cm³/mol. The summed E-state index contributed by atoms with van der Waals surface area (Å²) in [4.78, 5) is 0. The Bertz CT molecular complexity index is 1250. The first kappa shape index (κ1) is 21.8. The maximum absolute atomic E-state index is 5.56. The number of nitrogens with one attached hydrogen (secondary N) is 2. The van der Waals surface area contributed by atoms with Gasteiger partial charge in [0.05, 0.1) is 42.0 Å². The second-order valence-corrected chi connectivity index (χ2v) is 8.53. The number of anilines is 2. The van der Waals surface area contributed by atoms with Gasteiger partial charge in [0.25, 0.3) is 0 Å². The first-order valence-electron chi connectivity index (χ1n) is 10.6. The minimum Gasteiger partial charge on any atom is -0.330 e. The van der Waals surface area contributed by atoms with Crippen LogP contribution >= 0.6 is 12.2 Å². The van der Waals surface area contributed by atoms with E-state index in [0.717, 1.165) is 29.3 Å². The highest BCUT2D eigenvalue weighted by molar-refractivity contribution is 7.80. The number of nitrogens with zero attached hydrogens (tertiary/aromatic N) is 4. The highest BCUT2D eigenvalue weighted by Crippen LogP contribution is 2.22. The van der Waals surface area contributed by atoms with Gasteiger partial charge in [-0.05, 0) is 56.6 Å². The molecule has 4 aromatic rings. The van der Waals surface area contributed by atoms with Crippen LogP contribution in [-0.4, -0.2) is 24.7 Å². The van der Waals surface area contributed by atoms with Crippen LogP contribution < -0.4 is 10.6 Å². The fourth-order valence-electron chi connectivity index (χ4n) is 3.77. The van der Waals surface area contributed by atoms with Crippen molar-refractivity contribution in [3.63, 3.8) is 0 Å². The van der Waals surface area contributed by atoms with Crippen LogP contribution in [0.1, 0.15) is 33.6 Å². The van der Waals surface area contributed by atoms with E-state index in [2.05, 4.69) is 85.0 Å². The number of thiocarbonyl (C=S) groups is 1.